The largest absolute Gasteiger partial charge is 0.460 e. The fourth-order valence-electron chi connectivity index (χ4n) is 2.35. The van der Waals surface area contributed by atoms with Gasteiger partial charge in [-0.1, -0.05) is 12.1 Å². The summed E-state index contributed by atoms with van der Waals surface area (Å²) in [6.45, 7) is 2.49. The molecule has 3 aromatic rings. The number of carbonyl (C=O) groups is 2. The average molecular weight is 344 g/mol. The summed E-state index contributed by atoms with van der Waals surface area (Å²) in [5.74, 6) is -1.40. The molecule has 0 bridgehead atoms. The fraction of sp³-hybridized carbons (Fsp3) is 0.294. The van der Waals surface area contributed by atoms with Gasteiger partial charge in [-0.05, 0) is 26.0 Å². The number of benzene rings is 1. The highest BCUT2D eigenvalue weighted by Crippen LogP contribution is 2.23. The maximum absolute atomic E-state index is 12.4. The predicted molar refractivity (Wildman–Crippen MR) is 88.0 cm³/mol. The van der Waals surface area contributed by atoms with Gasteiger partial charge in [0.1, 0.15) is 17.6 Å². The van der Waals surface area contributed by atoms with Gasteiger partial charge >= 0.3 is 11.9 Å². The minimum atomic E-state index is -0.750. The highest BCUT2D eigenvalue weighted by atomic mass is 16.6. The van der Waals surface area contributed by atoms with Crippen molar-refractivity contribution in [1.29, 1.82) is 0 Å². The van der Waals surface area contributed by atoms with E-state index in [1.165, 1.54) is 6.33 Å². The highest BCUT2D eigenvalue weighted by Gasteiger charge is 2.16. The molecule has 0 unspecified atom stereocenters. The van der Waals surface area contributed by atoms with Crippen molar-refractivity contribution in [1.82, 2.24) is 9.55 Å². The Morgan fingerprint density at radius 1 is 1.24 bits per heavy atom. The molecule has 0 saturated heterocycles. The van der Waals surface area contributed by atoms with Crippen LogP contribution in [0, 0.1) is 0 Å². The summed E-state index contributed by atoms with van der Waals surface area (Å²) in [4.78, 5) is 39.8. The Morgan fingerprint density at radius 3 is 2.76 bits per heavy atom. The summed E-state index contributed by atoms with van der Waals surface area (Å²) in [6.07, 6.45) is 0.953. The van der Waals surface area contributed by atoms with Crippen molar-refractivity contribution in [3.8, 4) is 0 Å². The van der Waals surface area contributed by atoms with Gasteiger partial charge < -0.3 is 13.9 Å². The second kappa shape index (κ2) is 6.76. The summed E-state index contributed by atoms with van der Waals surface area (Å²) >= 11 is 0. The van der Waals surface area contributed by atoms with E-state index >= 15 is 0 Å². The van der Waals surface area contributed by atoms with Gasteiger partial charge in [-0.3, -0.25) is 14.2 Å². The van der Waals surface area contributed by atoms with Crippen molar-refractivity contribution in [2.24, 2.45) is 0 Å². The van der Waals surface area contributed by atoms with E-state index in [4.69, 9.17) is 13.9 Å². The lowest BCUT2D eigenvalue weighted by Gasteiger charge is -2.09. The summed E-state index contributed by atoms with van der Waals surface area (Å²) < 4.78 is 16.3. The molecule has 25 heavy (non-hydrogen) atoms. The van der Waals surface area contributed by atoms with E-state index < -0.39 is 24.1 Å². The normalized spacial score (nSPS) is 11.2. The van der Waals surface area contributed by atoms with Crippen molar-refractivity contribution in [2.75, 3.05) is 6.61 Å². The minimum Gasteiger partial charge on any atom is -0.460 e. The lowest BCUT2D eigenvalue weighted by atomic mass is 10.2. The zero-order chi connectivity index (χ0) is 18.0. The molecular formula is C17H16N2O6. The van der Waals surface area contributed by atoms with Crippen LogP contribution in [0.4, 0.5) is 0 Å². The molecule has 1 aromatic carbocycles. The highest BCUT2D eigenvalue weighted by molar-refractivity contribution is 6.01. The molecule has 0 N–H and O–H groups in total. The Kier molecular flexibility index (Phi) is 4.51. The molecule has 8 nitrogen and oxygen atoms in total. The third-order valence-corrected chi connectivity index (χ3v) is 3.37. The van der Waals surface area contributed by atoms with Crippen LogP contribution in [0.15, 0.2) is 39.8 Å². The van der Waals surface area contributed by atoms with Crippen LogP contribution in [-0.4, -0.2) is 34.2 Å². The van der Waals surface area contributed by atoms with E-state index in [9.17, 15) is 14.4 Å². The Hall–Kier alpha value is -3.16. The zero-order valence-corrected chi connectivity index (χ0v) is 13.7. The molecule has 2 aromatic heterocycles. The van der Waals surface area contributed by atoms with Crippen LogP contribution < -0.4 is 5.56 Å². The third kappa shape index (κ3) is 3.52. The number of hydrogen-bond donors (Lipinski definition) is 0. The predicted octanol–water partition coefficient (Wildman–Crippen LogP) is 1.64. The molecule has 0 aliphatic heterocycles. The van der Waals surface area contributed by atoms with Gasteiger partial charge in [0.15, 0.2) is 6.61 Å². The molecule has 130 valence electrons. The van der Waals surface area contributed by atoms with Crippen molar-refractivity contribution in [2.45, 2.75) is 26.5 Å². The minimum absolute atomic E-state index is 0.0655. The van der Waals surface area contributed by atoms with Crippen LogP contribution in [-0.2, 0) is 25.6 Å². The Morgan fingerprint density at radius 2 is 2.00 bits per heavy atom. The number of esters is 2. The van der Waals surface area contributed by atoms with Gasteiger partial charge in [-0.15, -0.1) is 0 Å². The quantitative estimate of drug-likeness (QED) is 0.648. The van der Waals surface area contributed by atoms with Crippen molar-refractivity contribution in [3.63, 3.8) is 0 Å². The first-order valence-corrected chi connectivity index (χ1v) is 7.67. The van der Waals surface area contributed by atoms with Gasteiger partial charge in [0.05, 0.1) is 12.4 Å². The van der Waals surface area contributed by atoms with Crippen LogP contribution in [0.25, 0.3) is 22.1 Å². The number of para-hydroxylation sites is 1. The van der Waals surface area contributed by atoms with Gasteiger partial charge in [-0.25, -0.2) is 9.78 Å². The lowest BCUT2D eigenvalue weighted by Crippen LogP contribution is -2.27. The van der Waals surface area contributed by atoms with E-state index in [1.807, 2.05) is 6.07 Å². The third-order valence-electron chi connectivity index (χ3n) is 3.37. The Labute approximate surface area is 142 Å². The monoisotopic (exact) mass is 344 g/mol. The average Bonchev–Trinajstić information content (AvgIpc) is 2.94. The van der Waals surface area contributed by atoms with Crippen LogP contribution in [0.5, 0.6) is 0 Å². The molecule has 0 amide bonds. The summed E-state index contributed by atoms with van der Waals surface area (Å²) in [5.41, 5.74) is 0.545. The van der Waals surface area contributed by atoms with Crippen molar-refractivity contribution < 1.29 is 23.5 Å². The summed E-state index contributed by atoms with van der Waals surface area (Å²) in [5, 5.41) is 0.723. The number of rotatable bonds is 5. The number of nitrogens with zero attached hydrogens (tertiary/aromatic N) is 2. The first-order chi connectivity index (χ1) is 12.0. The second-order valence-corrected chi connectivity index (χ2v) is 5.65. The molecule has 0 radical (unpaired) electrons. The molecule has 8 heteroatoms. The molecule has 0 atom stereocenters. The van der Waals surface area contributed by atoms with Gasteiger partial charge in [0.25, 0.3) is 5.56 Å². The molecule has 0 fully saturated rings. The smallest absolute Gasteiger partial charge is 0.344 e. The van der Waals surface area contributed by atoms with Crippen LogP contribution in [0.2, 0.25) is 0 Å². The van der Waals surface area contributed by atoms with Crippen molar-refractivity contribution in [3.05, 3.63) is 40.9 Å². The topological polar surface area (TPSA) is 101 Å². The van der Waals surface area contributed by atoms with Gasteiger partial charge in [-0.2, -0.15) is 0 Å². The maximum Gasteiger partial charge on any atom is 0.344 e. The molecule has 0 aliphatic rings. The summed E-state index contributed by atoms with van der Waals surface area (Å²) in [6, 6.07) is 7.14. The Bertz CT molecular complexity index is 1000. The number of furan rings is 1. The Balaban J connectivity index is 1.77. The zero-order valence-electron chi connectivity index (χ0n) is 13.7. The maximum atomic E-state index is 12.4. The van der Waals surface area contributed by atoms with Crippen LogP contribution in [0.1, 0.15) is 13.8 Å². The molecule has 0 saturated carbocycles. The van der Waals surface area contributed by atoms with E-state index in [-0.39, 0.29) is 18.2 Å². The SMILES string of the molecule is CC(C)OC(=O)COC(=O)Cn1cnc2c(oc3ccccc32)c1=O. The number of aromatic nitrogens is 2. The molecule has 3 rings (SSSR count). The number of fused-ring (bicyclic) bond motifs is 3. The van der Waals surface area contributed by atoms with E-state index in [2.05, 4.69) is 4.98 Å². The standard InChI is InChI=1S/C17H16N2O6/c1-10(2)24-14(21)8-23-13(20)7-19-9-18-15-11-5-3-4-6-12(11)25-16(15)17(19)22/h3-6,9-10H,7-8H2,1-2H3. The van der Waals surface area contributed by atoms with Gasteiger partial charge in [0, 0.05) is 5.39 Å². The first-order valence-electron chi connectivity index (χ1n) is 7.67. The van der Waals surface area contributed by atoms with E-state index in [1.54, 1.807) is 32.0 Å². The number of hydrogen-bond acceptors (Lipinski definition) is 7. The molecular weight excluding hydrogens is 328 g/mol. The van der Waals surface area contributed by atoms with Crippen LogP contribution in [0.3, 0.4) is 0 Å². The molecule has 0 aliphatic carbocycles. The van der Waals surface area contributed by atoms with E-state index in [0.717, 1.165) is 9.95 Å². The number of carbonyl (C=O) groups excluding carboxylic acids is 2. The van der Waals surface area contributed by atoms with Crippen molar-refractivity contribution >= 4 is 34.0 Å². The first kappa shape index (κ1) is 16.7. The van der Waals surface area contributed by atoms with Gasteiger partial charge in [0.2, 0.25) is 5.58 Å². The lowest BCUT2D eigenvalue weighted by molar-refractivity contribution is -0.161. The summed E-state index contributed by atoms with van der Waals surface area (Å²) in [7, 11) is 0. The fourth-order valence-corrected chi connectivity index (χ4v) is 2.35. The number of ether oxygens (including phenoxy) is 2. The molecule has 2 heterocycles. The second-order valence-electron chi connectivity index (χ2n) is 5.65. The molecule has 0 spiro atoms. The van der Waals surface area contributed by atoms with E-state index in [0.29, 0.717) is 11.1 Å². The van der Waals surface area contributed by atoms with Crippen LogP contribution >= 0.6 is 0 Å².